The van der Waals surface area contributed by atoms with Gasteiger partial charge in [-0.05, 0) is 36.8 Å². The number of benzene rings is 1. The van der Waals surface area contributed by atoms with Crippen LogP contribution in [0.5, 0.6) is 0 Å². The molecule has 0 spiro atoms. The van der Waals surface area contributed by atoms with E-state index in [4.69, 9.17) is 4.74 Å². The van der Waals surface area contributed by atoms with E-state index in [1.165, 1.54) is 12.0 Å². The van der Waals surface area contributed by atoms with E-state index in [0.717, 1.165) is 37.9 Å². The Balaban J connectivity index is 1.91. The smallest absolute Gasteiger partial charge is 0.142 e. The minimum atomic E-state index is -0.0174. The third-order valence-corrected chi connectivity index (χ3v) is 4.20. The second-order valence-electron chi connectivity index (χ2n) is 5.87. The van der Waals surface area contributed by atoms with Gasteiger partial charge >= 0.3 is 0 Å². The van der Waals surface area contributed by atoms with Crippen LogP contribution in [-0.2, 0) is 16.0 Å². The van der Waals surface area contributed by atoms with Gasteiger partial charge in [0.05, 0.1) is 6.10 Å². The van der Waals surface area contributed by atoms with Crippen LogP contribution in [0, 0.1) is 0 Å². The number of hydrogen-bond acceptors (Lipinski definition) is 2. The fourth-order valence-corrected chi connectivity index (χ4v) is 2.82. The first kappa shape index (κ1) is 15.2. The number of hydrogen-bond donors (Lipinski definition) is 0. The number of ketones is 1. The van der Waals surface area contributed by atoms with Crippen molar-refractivity contribution in [3.63, 3.8) is 0 Å². The molecule has 2 unspecified atom stereocenters. The predicted octanol–water partition coefficient (Wildman–Crippen LogP) is 4.27. The normalized spacial score (nSPS) is 20.6. The third-order valence-electron chi connectivity index (χ3n) is 4.20. The Labute approximate surface area is 122 Å². The SMILES string of the molecule is CCCc1ccc(C(C)C(=O)CC2CCCCO2)cc1. The maximum Gasteiger partial charge on any atom is 0.142 e. The lowest BCUT2D eigenvalue weighted by atomic mass is 9.91. The van der Waals surface area contributed by atoms with Gasteiger partial charge in [-0.3, -0.25) is 4.79 Å². The quantitative estimate of drug-likeness (QED) is 0.774. The van der Waals surface area contributed by atoms with E-state index < -0.39 is 0 Å². The van der Waals surface area contributed by atoms with E-state index in [-0.39, 0.29) is 12.0 Å². The highest BCUT2D eigenvalue weighted by Crippen LogP contribution is 2.23. The van der Waals surface area contributed by atoms with Gasteiger partial charge in [0.2, 0.25) is 0 Å². The molecule has 1 heterocycles. The zero-order valence-corrected chi connectivity index (χ0v) is 12.7. The summed E-state index contributed by atoms with van der Waals surface area (Å²) < 4.78 is 5.66. The summed E-state index contributed by atoms with van der Waals surface area (Å²) in [6.45, 7) is 5.02. The Bertz CT molecular complexity index is 416. The average molecular weight is 274 g/mol. The van der Waals surface area contributed by atoms with Crippen molar-refractivity contribution >= 4 is 5.78 Å². The minimum Gasteiger partial charge on any atom is -0.378 e. The zero-order chi connectivity index (χ0) is 14.4. The molecule has 0 radical (unpaired) electrons. The molecule has 0 saturated carbocycles. The molecule has 0 aromatic heterocycles. The van der Waals surface area contributed by atoms with E-state index in [2.05, 4.69) is 31.2 Å². The molecule has 1 saturated heterocycles. The number of aryl methyl sites for hydroxylation is 1. The van der Waals surface area contributed by atoms with Crippen LogP contribution in [0.15, 0.2) is 24.3 Å². The van der Waals surface area contributed by atoms with E-state index in [0.29, 0.717) is 12.2 Å². The van der Waals surface area contributed by atoms with E-state index in [1.54, 1.807) is 0 Å². The summed E-state index contributed by atoms with van der Waals surface area (Å²) in [6, 6.07) is 8.52. The van der Waals surface area contributed by atoms with Gasteiger partial charge in [-0.15, -0.1) is 0 Å². The second-order valence-corrected chi connectivity index (χ2v) is 5.87. The van der Waals surface area contributed by atoms with Gasteiger partial charge in [-0.1, -0.05) is 44.5 Å². The molecule has 110 valence electrons. The Morgan fingerprint density at radius 3 is 2.65 bits per heavy atom. The van der Waals surface area contributed by atoms with Crippen molar-refractivity contribution < 1.29 is 9.53 Å². The summed E-state index contributed by atoms with van der Waals surface area (Å²) in [5.74, 6) is 0.288. The van der Waals surface area contributed by atoms with E-state index in [1.807, 2.05) is 6.92 Å². The van der Waals surface area contributed by atoms with Crippen molar-refractivity contribution in [2.75, 3.05) is 6.61 Å². The average Bonchev–Trinajstić information content (AvgIpc) is 2.48. The standard InChI is InChI=1S/C18H26O2/c1-3-6-15-8-10-16(11-9-15)14(2)18(19)13-17-7-4-5-12-20-17/h8-11,14,17H,3-7,12-13H2,1-2H3. The molecule has 0 aliphatic carbocycles. The molecule has 2 heteroatoms. The van der Waals surface area contributed by atoms with Gasteiger partial charge in [-0.25, -0.2) is 0 Å². The van der Waals surface area contributed by atoms with Gasteiger partial charge < -0.3 is 4.74 Å². The third kappa shape index (κ3) is 4.17. The van der Waals surface area contributed by atoms with Crippen molar-refractivity contribution in [1.82, 2.24) is 0 Å². The fraction of sp³-hybridized carbons (Fsp3) is 0.611. The number of rotatable bonds is 6. The largest absolute Gasteiger partial charge is 0.378 e. The Hall–Kier alpha value is -1.15. The zero-order valence-electron chi connectivity index (χ0n) is 12.7. The maximum absolute atomic E-state index is 12.3. The summed E-state index contributed by atoms with van der Waals surface area (Å²) in [6.07, 6.45) is 6.35. The molecule has 0 N–H and O–H groups in total. The lowest BCUT2D eigenvalue weighted by Gasteiger charge is -2.23. The van der Waals surface area contributed by atoms with E-state index in [9.17, 15) is 4.79 Å². The molecular weight excluding hydrogens is 248 g/mol. The molecule has 2 nitrogen and oxygen atoms in total. The lowest BCUT2D eigenvalue weighted by molar-refractivity contribution is -0.123. The van der Waals surface area contributed by atoms with Gasteiger partial charge in [0.1, 0.15) is 5.78 Å². The van der Waals surface area contributed by atoms with Crippen molar-refractivity contribution in [2.24, 2.45) is 0 Å². The summed E-state index contributed by atoms with van der Waals surface area (Å²) >= 11 is 0. The van der Waals surface area contributed by atoms with Crippen LogP contribution in [0.2, 0.25) is 0 Å². The summed E-state index contributed by atoms with van der Waals surface area (Å²) in [5, 5.41) is 0. The lowest BCUT2D eigenvalue weighted by Crippen LogP contribution is -2.24. The molecule has 0 amide bonds. The molecule has 2 atom stereocenters. The van der Waals surface area contributed by atoms with Crippen LogP contribution >= 0.6 is 0 Å². The molecule has 1 fully saturated rings. The second kappa shape index (κ2) is 7.58. The Kier molecular flexibility index (Phi) is 5.78. The fourth-order valence-electron chi connectivity index (χ4n) is 2.82. The highest BCUT2D eigenvalue weighted by Gasteiger charge is 2.22. The Morgan fingerprint density at radius 2 is 2.05 bits per heavy atom. The molecule has 1 aliphatic rings. The van der Waals surface area contributed by atoms with Gasteiger partial charge in [0.25, 0.3) is 0 Å². The van der Waals surface area contributed by atoms with Gasteiger partial charge in [0.15, 0.2) is 0 Å². The molecule has 2 rings (SSSR count). The number of ether oxygens (including phenoxy) is 1. The van der Waals surface area contributed by atoms with Crippen molar-refractivity contribution in [3.8, 4) is 0 Å². The van der Waals surface area contributed by atoms with Crippen LogP contribution in [0.4, 0.5) is 0 Å². The maximum atomic E-state index is 12.3. The highest BCUT2D eigenvalue weighted by atomic mass is 16.5. The molecule has 1 aromatic carbocycles. The topological polar surface area (TPSA) is 26.3 Å². The minimum absolute atomic E-state index is 0.0174. The first-order valence-corrected chi connectivity index (χ1v) is 7.94. The summed E-state index contributed by atoms with van der Waals surface area (Å²) in [4.78, 5) is 12.3. The monoisotopic (exact) mass is 274 g/mol. The van der Waals surface area contributed by atoms with Crippen LogP contribution in [0.1, 0.15) is 63.0 Å². The number of carbonyl (C=O) groups excluding carboxylic acids is 1. The van der Waals surface area contributed by atoms with Crippen LogP contribution in [0.25, 0.3) is 0 Å². The summed E-state index contributed by atoms with van der Waals surface area (Å²) in [5.41, 5.74) is 2.48. The molecule has 0 bridgehead atoms. The van der Waals surface area contributed by atoms with Crippen LogP contribution < -0.4 is 0 Å². The first-order chi connectivity index (χ1) is 9.70. The van der Waals surface area contributed by atoms with Crippen molar-refractivity contribution in [3.05, 3.63) is 35.4 Å². The van der Waals surface area contributed by atoms with Crippen LogP contribution in [-0.4, -0.2) is 18.5 Å². The van der Waals surface area contributed by atoms with Crippen molar-refractivity contribution in [1.29, 1.82) is 0 Å². The number of Topliss-reactive ketones (excluding diaryl/α,β-unsaturated/α-hetero) is 1. The van der Waals surface area contributed by atoms with Crippen molar-refractivity contribution in [2.45, 2.75) is 64.4 Å². The van der Waals surface area contributed by atoms with Gasteiger partial charge in [-0.2, -0.15) is 0 Å². The molecular formula is C18H26O2. The van der Waals surface area contributed by atoms with Crippen LogP contribution in [0.3, 0.4) is 0 Å². The number of carbonyl (C=O) groups is 1. The first-order valence-electron chi connectivity index (χ1n) is 7.94. The molecule has 1 aliphatic heterocycles. The molecule has 20 heavy (non-hydrogen) atoms. The van der Waals surface area contributed by atoms with Gasteiger partial charge in [0, 0.05) is 18.9 Å². The summed E-state index contributed by atoms with van der Waals surface area (Å²) in [7, 11) is 0. The highest BCUT2D eigenvalue weighted by molar-refractivity contribution is 5.85. The Morgan fingerprint density at radius 1 is 1.30 bits per heavy atom. The predicted molar refractivity (Wildman–Crippen MR) is 82.1 cm³/mol. The molecule has 1 aromatic rings. The van der Waals surface area contributed by atoms with E-state index >= 15 is 0 Å².